The van der Waals surface area contributed by atoms with Gasteiger partial charge < -0.3 is 20.1 Å². The van der Waals surface area contributed by atoms with E-state index in [2.05, 4.69) is 30.7 Å². The zero-order valence-corrected chi connectivity index (χ0v) is 18.2. The van der Waals surface area contributed by atoms with Crippen molar-refractivity contribution in [3.05, 3.63) is 42.1 Å². The minimum atomic E-state index is -0.304. The Morgan fingerprint density at radius 3 is 2.81 bits per heavy atom. The van der Waals surface area contributed by atoms with E-state index in [9.17, 15) is 4.79 Å². The quantitative estimate of drug-likeness (QED) is 0.578. The molecule has 0 aliphatic heterocycles. The molecule has 0 radical (unpaired) electrons. The number of aromatic nitrogens is 5. The number of rotatable bonds is 7. The van der Waals surface area contributed by atoms with Crippen molar-refractivity contribution >= 4 is 23.4 Å². The monoisotopic (exact) mass is 437 g/mol. The number of nitrogens with zero attached hydrogens (tertiary/aromatic N) is 5. The van der Waals surface area contributed by atoms with Crippen LogP contribution in [0.4, 0.5) is 16.6 Å². The number of hydrogen-bond donors (Lipinski definition) is 2. The van der Waals surface area contributed by atoms with E-state index < -0.39 is 0 Å². The standard InChI is InChI=1S/C22H27N7O3/c1-22(5-6-22)27-21(30)32-17-4-3-14(9-17)15-11-24-20(25-12-15)26-19-18-10-16(13-31-2)28-29(18)8-7-23-19/h7-8,10-12,14,17H,3-6,9,13H2,1-2H3,(H,27,30)(H,23,24,25,26)/t14-,17+/m1/s1. The number of alkyl carbamates (subject to hydrolysis) is 1. The molecule has 3 aromatic rings. The summed E-state index contributed by atoms with van der Waals surface area (Å²) in [5, 5.41) is 10.6. The van der Waals surface area contributed by atoms with Gasteiger partial charge in [0, 0.05) is 37.4 Å². The second-order valence-corrected chi connectivity index (χ2v) is 8.86. The fourth-order valence-electron chi connectivity index (χ4n) is 4.10. The lowest BCUT2D eigenvalue weighted by Crippen LogP contribution is -2.36. The molecule has 168 valence electrons. The van der Waals surface area contributed by atoms with Gasteiger partial charge in [0.25, 0.3) is 0 Å². The number of carbonyl (C=O) groups is 1. The van der Waals surface area contributed by atoms with Gasteiger partial charge in [0.05, 0.1) is 12.3 Å². The lowest BCUT2D eigenvalue weighted by atomic mass is 10.0. The number of amides is 1. The molecule has 2 aliphatic carbocycles. The van der Waals surface area contributed by atoms with Crippen molar-refractivity contribution in [2.75, 3.05) is 12.4 Å². The van der Waals surface area contributed by atoms with Crippen molar-refractivity contribution in [1.29, 1.82) is 0 Å². The highest BCUT2D eigenvalue weighted by atomic mass is 16.6. The second kappa shape index (κ2) is 8.34. The largest absolute Gasteiger partial charge is 0.446 e. The minimum absolute atomic E-state index is 0.0623. The summed E-state index contributed by atoms with van der Waals surface area (Å²) in [5.41, 5.74) is 2.63. The number of hydrogen-bond acceptors (Lipinski definition) is 8. The third-order valence-electron chi connectivity index (χ3n) is 6.17. The molecule has 2 aliphatic rings. The molecule has 32 heavy (non-hydrogen) atoms. The minimum Gasteiger partial charge on any atom is -0.446 e. The van der Waals surface area contributed by atoms with Crippen LogP contribution in [0.15, 0.2) is 30.9 Å². The number of carbonyl (C=O) groups excluding carboxylic acids is 1. The Morgan fingerprint density at radius 2 is 2.06 bits per heavy atom. The van der Waals surface area contributed by atoms with E-state index in [4.69, 9.17) is 9.47 Å². The molecule has 10 nitrogen and oxygen atoms in total. The van der Waals surface area contributed by atoms with E-state index in [-0.39, 0.29) is 23.7 Å². The highest BCUT2D eigenvalue weighted by molar-refractivity contribution is 5.71. The third-order valence-corrected chi connectivity index (χ3v) is 6.17. The predicted octanol–water partition coefficient (Wildman–Crippen LogP) is 3.32. The fourth-order valence-corrected chi connectivity index (χ4v) is 4.10. The highest BCUT2D eigenvalue weighted by Gasteiger charge is 2.40. The molecule has 0 aromatic carbocycles. The van der Waals surface area contributed by atoms with Gasteiger partial charge in [0.2, 0.25) is 5.95 Å². The normalized spacial score (nSPS) is 21.4. The Labute approximate surface area is 185 Å². The first-order chi connectivity index (χ1) is 15.5. The first kappa shape index (κ1) is 20.6. The third kappa shape index (κ3) is 4.50. The Hall–Kier alpha value is -3.27. The van der Waals surface area contributed by atoms with Crippen molar-refractivity contribution in [3.63, 3.8) is 0 Å². The molecule has 3 aromatic heterocycles. The molecular formula is C22H27N7O3. The number of nitrogens with one attached hydrogen (secondary N) is 2. The zero-order valence-electron chi connectivity index (χ0n) is 18.2. The topological polar surface area (TPSA) is 116 Å². The molecule has 10 heteroatoms. The number of anilines is 2. The van der Waals surface area contributed by atoms with Gasteiger partial charge in [0.1, 0.15) is 11.6 Å². The molecule has 3 heterocycles. The Bertz CT molecular complexity index is 1110. The van der Waals surface area contributed by atoms with Crippen LogP contribution in [0.1, 0.15) is 56.2 Å². The highest BCUT2D eigenvalue weighted by Crippen LogP contribution is 2.37. The molecule has 2 saturated carbocycles. The van der Waals surface area contributed by atoms with Gasteiger partial charge in [-0.05, 0) is 56.6 Å². The van der Waals surface area contributed by atoms with Crippen LogP contribution in [0.2, 0.25) is 0 Å². The van der Waals surface area contributed by atoms with Gasteiger partial charge in [-0.3, -0.25) is 0 Å². The van der Waals surface area contributed by atoms with Crippen molar-refractivity contribution in [3.8, 4) is 0 Å². The van der Waals surface area contributed by atoms with E-state index in [1.165, 1.54) is 0 Å². The lowest BCUT2D eigenvalue weighted by molar-refractivity contribution is 0.0967. The molecule has 0 spiro atoms. The van der Waals surface area contributed by atoms with Crippen LogP contribution >= 0.6 is 0 Å². The molecule has 2 N–H and O–H groups in total. The summed E-state index contributed by atoms with van der Waals surface area (Å²) in [6.07, 6.45) is 11.4. The van der Waals surface area contributed by atoms with Gasteiger partial charge in [-0.1, -0.05) is 0 Å². The van der Waals surface area contributed by atoms with Crippen LogP contribution in [-0.4, -0.2) is 49.4 Å². The van der Waals surface area contributed by atoms with Crippen LogP contribution in [0.5, 0.6) is 0 Å². The Balaban J connectivity index is 1.20. The summed E-state index contributed by atoms with van der Waals surface area (Å²) < 4.78 is 12.5. The molecule has 1 amide bonds. The van der Waals surface area contributed by atoms with Crippen molar-refractivity contribution in [2.45, 2.75) is 63.2 Å². The number of fused-ring (bicyclic) bond motifs is 1. The first-order valence-corrected chi connectivity index (χ1v) is 10.9. The van der Waals surface area contributed by atoms with Gasteiger partial charge in [-0.25, -0.2) is 24.3 Å². The van der Waals surface area contributed by atoms with Crippen molar-refractivity contribution < 1.29 is 14.3 Å². The van der Waals surface area contributed by atoms with Gasteiger partial charge in [-0.2, -0.15) is 5.10 Å². The van der Waals surface area contributed by atoms with Crippen LogP contribution in [0.3, 0.4) is 0 Å². The molecule has 2 fully saturated rings. The maximum atomic E-state index is 12.1. The Morgan fingerprint density at radius 1 is 1.25 bits per heavy atom. The first-order valence-electron chi connectivity index (χ1n) is 10.9. The summed E-state index contributed by atoms with van der Waals surface area (Å²) >= 11 is 0. The summed E-state index contributed by atoms with van der Waals surface area (Å²) in [6.45, 7) is 2.47. The summed E-state index contributed by atoms with van der Waals surface area (Å²) in [5.74, 6) is 1.37. The zero-order chi connectivity index (χ0) is 22.1. The molecule has 0 unspecified atom stereocenters. The molecule has 2 atom stereocenters. The molecule has 0 saturated heterocycles. The summed E-state index contributed by atoms with van der Waals surface area (Å²) in [4.78, 5) is 25.4. The molecule has 0 bridgehead atoms. The Kier molecular flexibility index (Phi) is 5.38. The van der Waals surface area contributed by atoms with Crippen LogP contribution in [-0.2, 0) is 16.1 Å². The van der Waals surface area contributed by atoms with Gasteiger partial charge in [-0.15, -0.1) is 0 Å². The van der Waals surface area contributed by atoms with E-state index in [1.54, 1.807) is 24.0 Å². The van der Waals surface area contributed by atoms with E-state index in [1.807, 2.05) is 25.4 Å². The predicted molar refractivity (Wildman–Crippen MR) is 117 cm³/mol. The van der Waals surface area contributed by atoms with E-state index in [0.29, 0.717) is 18.4 Å². The smallest absolute Gasteiger partial charge is 0.407 e. The maximum Gasteiger partial charge on any atom is 0.407 e. The van der Waals surface area contributed by atoms with Crippen LogP contribution in [0.25, 0.3) is 5.52 Å². The average molecular weight is 438 g/mol. The SMILES string of the molecule is COCc1cc2c(Nc3ncc([C@@H]4CC[C@H](OC(=O)NC5(C)CC5)C4)cn3)nccn2n1. The molecule has 5 rings (SSSR count). The summed E-state index contributed by atoms with van der Waals surface area (Å²) in [6, 6.07) is 1.92. The van der Waals surface area contributed by atoms with Gasteiger partial charge >= 0.3 is 6.09 Å². The van der Waals surface area contributed by atoms with Crippen LogP contribution in [0, 0.1) is 0 Å². The van der Waals surface area contributed by atoms with Gasteiger partial charge in [0.15, 0.2) is 5.82 Å². The summed E-state index contributed by atoms with van der Waals surface area (Å²) in [7, 11) is 1.64. The fraction of sp³-hybridized carbons (Fsp3) is 0.500. The number of ether oxygens (including phenoxy) is 2. The maximum absolute atomic E-state index is 12.1. The van der Waals surface area contributed by atoms with E-state index in [0.717, 1.165) is 48.9 Å². The molecular weight excluding hydrogens is 410 g/mol. The second-order valence-electron chi connectivity index (χ2n) is 8.86. The lowest BCUT2D eigenvalue weighted by Gasteiger charge is -2.16. The van der Waals surface area contributed by atoms with Crippen molar-refractivity contribution in [1.82, 2.24) is 29.9 Å². The number of methoxy groups -OCH3 is 1. The van der Waals surface area contributed by atoms with E-state index >= 15 is 0 Å². The van der Waals surface area contributed by atoms with Crippen molar-refractivity contribution in [2.24, 2.45) is 0 Å². The average Bonchev–Trinajstić information content (AvgIpc) is 3.15. The van der Waals surface area contributed by atoms with Crippen LogP contribution < -0.4 is 10.6 Å².